The van der Waals surface area contributed by atoms with Gasteiger partial charge in [0.15, 0.2) is 5.75 Å². The lowest BCUT2D eigenvalue weighted by Crippen LogP contribution is -2.14. The number of aromatic hydroxyl groups is 1. The molecule has 110 valence electrons. The van der Waals surface area contributed by atoms with E-state index in [1.807, 2.05) is 0 Å². The lowest BCUT2D eigenvalue weighted by atomic mass is 10.1. The topological polar surface area (TPSA) is 84.6 Å². The van der Waals surface area contributed by atoms with Gasteiger partial charge in [0.05, 0.1) is 16.9 Å². The van der Waals surface area contributed by atoms with Crippen LogP contribution >= 0.6 is 0 Å². The molecule has 0 fully saturated rings. The first kappa shape index (κ1) is 14.6. The minimum atomic E-state index is -3.01. The van der Waals surface area contributed by atoms with E-state index in [0.717, 1.165) is 0 Å². The van der Waals surface area contributed by atoms with E-state index in [9.17, 15) is 18.7 Å². The van der Waals surface area contributed by atoms with E-state index in [1.165, 1.54) is 36.4 Å². The molecule has 4 N–H and O–H groups in total. The molecule has 7 heteroatoms. The summed E-state index contributed by atoms with van der Waals surface area (Å²) in [5.74, 6) is -1.24. The fourth-order valence-corrected chi connectivity index (χ4v) is 1.70. The number of nitrogen functional groups attached to an aromatic ring is 1. The largest absolute Gasteiger partial charge is 0.505 e. The quantitative estimate of drug-likeness (QED) is 0.598. The predicted octanol–water partition coefficient (Wildman–Crippen LogP) is 2.83. The van der Waals surface area contributed by atoms with Crippen molar-refractivity contribution in [1.29, 1.82) is 0 Å². The van der Waals surface area contributed by atoms with Crippen LogP contribution in [-0.4, -0.2) is 17.6 Å². The Kier molecular flexibility index (Phi) is 4.22. The highest BCUT2D eigenvalue weighted by molar-refractivity contribution is 6.07. The lowest BCUT2D eigenvalue weighted by Gasteiger charge is -2.12. The normalized spacial score (nSPS) is 10.4. The summed E-state index contributed by atoms with van der Waals surface area (Å²) in [5, 5.41) is 12.1. The Bertz CT molecular complexity index is 662. The molecule has 0 aliphatic heterocycles. The molecule has 0 aliphatic rings. The molecule has 2 aromatic rings. The maximum atomic E-state index is 12.3. The zero-order chi connectivity index (χ0) is 15.4. The number of benzene rings is 2. The zero-order valence-electron chi connectivity index (χ0n) is 10.7. The monoisotopic (exact) mass is 294 g/mol. The van der Waals surface area contributed by atoms with Crippen LogP contribution in [-0.2, 0) is 0 Å². The summed E-state index contributed by atoms with van der Waals surface area (Å²) in [5.41, 5.74) is 5.53. The average Bonchev–Trinajstić information content (AvgIpc) is 2.43. The van der Waals surface area contributed by atoms with Crippen LogP contribution in [0.25, 0.3) is 0 Å². The van der Waals surface area contributed by atoms with Gasteiger partial charge in [-0.05, 0) is 24.3 Å². The van der Waals surface area contributed by atoms with Crippen molar-refractivity contribution < 1.29 is 23.4 Å². The number of alkyl halides is 2. The molecule has 0 aromatic heterocycles. The second kappa shape index (κ2) is 6.08. The number of phenols is 1. The van der Waals surface area contributed by atoms with Crippen molar-refractivity contribution >= 4 is 17.3 Å². The number of rotatable bonds is 4. The molecule has 0 saturated carbocycles. The maximum Gasteiger partial charge on any atom is 0.387 e. The van der Waals surface area contributed by atoms with E-state index in [-0.39, 0.29) is 28.4 Å². The maximum absolute atomic E-state index is 12.3. The van der Waals surface area contributed by atoms with E-state index >= 15 is 0 Å². The molecule has 0 aliphatic carbocycles. The van der Waals surface area contributed by atoms with Gasteiger partial charge in [-0.1, -0.05) is 18.2 Å². The molecule has 0 saturated heterocycles. The summed E-state index contributed by atoms with van der Waals surface area (Å²) in [4.78, 5) is 12.1. The number of hydrogen-bond donors (Lipinski definition) is 3. The van der Waals surface area contributed by atoms with Gasteiger partial charge in [0, 0.05) is 0 Å². The molecule has 2 rings (SSSR count). The summed E-state index contributed by atoms with van der Waals surface area (Å²) >= 11 is 0. The van der Waals surface area contributed by atoms with Gasteiger partial charge in [-0.2, -0.15) is 8.78 Å². The number of nitrogens with two attached hydrogens (primary N) is 1. The molecule has 21 heavy (non-hydrogen) atoms. The Morgan fingerprint density at radius 1 is 1.19 bits per heavy atom. The summed E-state index contributed by atoms with van der Waals surface area (Å²) in [6.45, 7) is -3.01. The number of halogens is 2. The molecule has 0 atom stereocenters. The number of para-hydroxylation sites is 3. The number of nitrogens with one attached hydrogen (secondary N) is 1. The molecule has 0 spiro atoms. The van der Waals surface area contributed by atoms with Crippen LogP contribution in [0.5, 0.6) is 11.5 Å². The molecule has 0 bridgehead atoms. The van der Waals surface area contributed by atoms with E-state index < -0.39 is 12.5 Å². The van der Waals surface area contributed by atoms with Crippen molar-refractivity contribution in [3.8, 4) is 11.5 Å². The first-order valence-electron chi connectivity index (χ1n) is 5.91. The van der Waals surface area contributed by atoms with Crippen molar-refractivity contribution in [1.82, 2.24) is 0 Å². The molecule has 1 amide bonds. The highest BCUT2D eigenvalue weighted by Crippen LogP contribution is 2.29. The van der Waals surface area contributed by atoms with Crippen LogP contribution in [0.1, 0.15) is 10.4 Å². The summed E-state index contributed by atoms with van der Waals surface area (Å²) in [6.07, 6.45) is 0. The summed E-state index contributed by atoms with van der Waals surface area (Å²) in [6, 6.07) is 10.0. The fraction of sp³-hybridized carbons (Fsp3) is 0.0714. The second-order valence-corrected chi connectivity index (χ2v) is 4.07. The summed E-state index contributed by atoms with van der Waals surface area (Å²) in [7, 11) is 0. The van der Waals surface area contributed by atoms with Gasteiger partial charge < -0.3 is 20.9 Å². The third-order valence-electron chi connectivity index (χ3n) is 2.66. The van der Waals surface area contributed by atoms with Crippen LogP contribution in [0, 0.1) is 0 Å². The minimum absolute atomic E-state index is 0.0414. The van der Waals surface area contributed by atoms with Crippen molar-refractivity contribution in [3.63, 3.8) is 0 Å². The van der Waals surface area contributed by atoms with Crippen LogP contribution in [0.15, 0.2) is 42.5 Å². The van der Waals surface area contributed by atoms with Crippen molar-refractivity contribution in [2.24, 2.45) is 0 Å². The Morgan fingerprint density at radius 2 is 1.90 bits per heavy atom. The van der Waals surface area contributed by atoms with Gasteiger partial charge in [-0.3, -0.25) is 4.79 Å². The molecular weight excluding hydrogens is 282 g/mol. The SMILES string of the molecule is Nc1cccc(C(=O)Nc2ccccc2OC(F)F)c1O. The third-order valence-corrected chi connectivity index (χ3v) is 2.66. The molecule has 0 radical (unpaired) electrons. The molecule has 0 heterocycles. The first-order chi connectivity index (χ1) is 9.99. The number of phenolic OH excluding ortho intramolecular Hbond substituents is 1. The molecular formula is C14H12F2N2O3. The van der Waals surface area contributed by atoms with Crippen LogP contribution in [0.4, 0.5) is 20.2 Å². The van der Waals surface area contributed by atoms with Crippen LogP contribution in [0.3, 0.4) is 0 Å². The third kappa shape index (κ3) is 3.38. The van der Waals surface area contributed by atoms with E-state index in [1.54, 1.807) is 6.07 Å². The zero-order valence-corrected chi connectivity index (χ0v) is 10.7. The first-order valence-corrected chi connectivity index (χ1v) is 5.91. The number of anilines is 2. The second-order valence-electron chi connectivity index (χ2n) is 4.07. The summed E-state index contributed by atoms with van der Waals surface area (Å²) < 4.78 is 28.9. The Balaban J connectivity index is 2.26. The predicted molar refractivity (Wildman–Crippen MR) is 73.5 cm³/mol. The van der Waals surface area contributed by atoms with Crippen LogP contribution < -0.4 is 15.8 Å². The smallest absolute Gasteiger partial charge is 0.387 e. The van der Waals surface area contributed by atoms with Crippen LogP contribution in [0.2, 0.25) is 0 Å². The van der Waals surface area contributed by atoms with Gasteiger partial charge in [-0.15, -0.1) is 0 Å². The Labute approximate surface area is 119 Å². The Morgan fingerprint density at radius 3 is 2.62 bits per heavy atom. The van der Waals surface area contributed by atoms with E-state index in [4.69, 9.17) is 5.73 Å². The van der Waals surface area contributed by atoms with E-state index in [0.29, 0.717) is 0 Å². The minimum Gasteiger partial charge on any atom is -0.505 e. The molecule has 5 nitrogen and oxygen atoms in total. The van der Waals surface area contributed by atoms with E-state index in [2.05, 4.69) is 10.1 Å². The average molecular weight is 294 g/mol. The number of ether oxygens (including phenoxy) is 1. The number of carbonyl (C=O) groups is 1. The van der Waals surface area contributed by atoms with Gasteiger partial charge in [0.2, 0.25) is 0 Å². The Hall–Kier alpha value is -2.83. The van der Waals surface area contributed by atoms with Gasteiger partial charge >= 0.3 is 6.61 Å². The highest BCUT2D eigenvalue weighted by Gasteiger charge is 2.16. The van der Waals surface area contributed by atoms with Gasteiger partial charge in [0.25, 0.3) is 5.91 Å². The van der Waals surface area contributed by atoms with Gasteiger partial charge in [-0.25, -0.2) is 0 Å². The van der Waals surface area contributed by atoms with Crippen molar-refractivity contribution in [3.05, 3.63) is 48.0 Å². The van der Waals surface area contributed by atoms with Crippen molar-refractivity contribution in [2.45, 2.75) is 6.61 Å². The van der Waals surface area contributed by atoms with Crippen molar-refractivity contribution in [2.75, 3.05) is 11.1 Å². The molecule has 0 unspecified atom stereocenters. The number of carbonyl (C=O) groups excluding carboxylic acids is 1. The molecule has 2 aromatic carbocycles. The number of amides is 1. The van der Waals surface area contributed by atoms with Gasteiger partial charge in [0.1, 0.15) is 5.75 Å². The highest BCUT2D eigenvalue weighted by atomic mass is 19.3. The fourth-order valence-electron chi connectivity index (χ4n) is 1.70. The standard InChI is InChI=1S/C14H12F2N2O3/c15-14(16)21-11-7-2-1-6-10(11)18-13(20)8-4-3-5-9(17)12(8)19/h1-7,14,19H,17H2,(H,18,20). The number of hydrogen-bond acceptors (Lipinski definition) is 4. The lowest BCUT2D eigenvalue weighted by molar-refractivity contribution is -0.0493.